The van der Waals surface area contributed by atoms with Gasteiger partial charge in [-0.2, -0.15) is 0 Å². The maximum Gasteiger partial charge on any atom is 0.306 e. The van der Waals surface area contributed by atoms with E-state index in [1.807, 2.05) is 0 Å². The van der Waals surface area contributed by atoms with Crippen LogP contribution in [0.15, 0.2) is 146 Å². The normalized spacial score (nSPS) is 13.4. The van der Waals surface area contributed by atoms with Gasteiger partial charge in [0.1, 0.15) is 6.61 Å². The van der Waals surface area contributed by atoms with E-state index in [4.69, 9.17) is 14.2 Å². The predicted molar refractivity (Wildman–Crippen MR) is 306 cm³/mol. The zero-order valence-electron chi connectivity index (χ0n) is 45.2. The minimum Gasteiger partial charge on any atom is -0.462 e. The van der Waals surface area contributed by atoms with Crippen LogP contribution in [0.2, 0.25) is 0 Å². The molecule has 5 nitrogen and oxygen atoms in total. The SMILES string of the molecule is CC/C=C\C/C=C\C/C=C\C/C=C\C/C=C\CCCCCCOCC(COC(=O)CCCCC/C=C\C/C=C\C/C=C\C/C=C\C/C=C\CC)OC(=O)CCCCCCC/C=C\C/C=C\CCCCC. The minimum absolute atomic E-state index is 0.0417. The molecule has 1 unspecified atom stereocenters. The Morgan fingerprint density at radius 3 is 1.04 bits per heavy atom. The van der Waals surface area contributed by atoms with Crippen molar-refractivity contribution in [2.75, 3.05) is 19.8 Å². The molecule has 0 aromatic carbocycles. The van der Waals surface area contributed by atoms with Crippen LogP contribution in [-0.4, -0.2) is 37.9 Å². The number of unbranched alkanes of at least 4 members (excludes halogenated alkanes) is 15. The van der Waals surface area contributed by atoms with Crippen LogP contribution >= 0.6 is 0 Å². The van der Waals surface area contributed by atoms with E-state index in [1.165, 1.54) is 44.9 Å². The summed E-state index contributed by atoms with van der Waals surface area (Å²) in [6.07, 6.45) is 85.8. The van der Waals surface area contributed by atoms with Gasteiger partial charge in [-0.05, 0) is 141 Å². The first kappa shape index (κ1) is 65.8. The maximum absolute atomic E-state index is 12.9. The molecule has 0 N–H and O–H groups in total. The van der Waals surface area contributed by atoms with Crippen molar-refractivity contribution in [1.82, 2.24) is 0 Å². The van der Waals surface area contributed by atoms with Gasteiger partial charge in [0.25, 0.3) is 0 Å². The third-order valence-electron chi connectivity index (χ3n) is 11.3. The summed E-state index contributed by atoms with van der Waals surface area (Å²) in [5.74, 6) is -0.474. The Bertz CT molecular complexity index is 1510. The highest BCUT2D eigenvalue weighted by molar-refractivity contribution is 5.70. The standard InChI is InChI=1S/C65H104O5/c1-4-7-10-13-16-19-22-25-28-30-32-34-36-39-42-45-48-51-54-57-60-68-61-63(70-65(67)59-56-53-50-47-44-41-37-27-24-21-18-15-12-9-6-3)62-69-64(66)58-55-52-49-46-43-40-38-35-33-31-29-26-23-20-17-14-11-8-5-2/h7-8,10-11,16-21,25-29,32-35,37,39-40,42-43,63H,4-6,9,12-15,22-24,30-31,36,38,41,44-62H2,1-3H3/b10-7-,11-8-,19-16-,20-17-,21-18-,28-25-,29-26-,34-32-,35-33-,37-27-,42-39-,43-40-. The van der Waals surface area contributed by atoms with Gasteiger partial charge in [-0.3, -0.25) is 9.59 Å². The molecule has 0 aromatic rings. The lowest BCUT2D eigenvalue weighted by Gasteiger charge is -2.18. The van der Waals surface area contributed by atoms with Crippen LogP contribution in [0.3, 0.4) is 0 Å². The van der Waals surface area contributed by atoms with E-state index < -0.39 is 6.10 Å². The van der Waals surface area contributed by atoms with Crippen LogP contribution < -0.4 is 0 Å². The predicted octanol–water partition coefficient (Wildman–Crippen LogP) is 19.7. The molecule has 0 spiro atoms. The van der Waals surface area contributed by atoms with Crippen molar-refractivity contribution in [1.29, 1.82) is 0 Å². The number of carbonyl (C=O) groups is 2. The fourth-order valence-corrected chi connectivity index (χ4v) is 7.18. The zero-order chi connectivity index (χ0) is 50.6. The topological polar surface area (TPSA) is 61.8 Å². The van der Waals surface area contributed by atoms with E-state index in [0.717, 1.165) is 148 Å². The van der Waals surface area contributed by atoms with E-state index in [9.17, 15) is 9.59 Å². The molecule has 1 atom stereocenters. The van der Waals surface area contributed by atoms with E-state index in [1.54, 1.807) is 0 Å². The van der Waals surface area contributed by atoms with Gasteiger partial charge in [-0.15, -0.1) is 0 Å². The van der Waals surface area contributed by atoms with Gasteiger partial charge in [0, 0.05) is 19.4 Å². The Kier molecular flexibility index (Phi) is 55.5. The number of hydrogen-bond acceptors (Lipinski definition) is 5. The molecule has 0 saturated heterocycles. The average molecular weight is 966 g/mol. The van der Waals surface area contributed by atoms with Crippen molar-refractivity contribution in [3.63, 3.8) is 0 Å². The van der Waals surface area contributed by atoms with Crippen LogP contribution in [0.5, 0.6) is 0 Å². The smallest absolute Gasteiger partial charge is 0.306 e. The highest BCUT2D eigenvalue weighted by atomic mass is 16.6. The Balaban J connectivity index is 4.45. The molecule has 0 saturated carbocycles. The third kappa shape index (κ3) is 56.4. The quantitative estimate of drug-likeness (QED) is 0.0345. The first-order valence-electron chi connectivity index (χ1n) is 28.4. The molecule has 0 rings (SSSR count). The van der Waals surface area contributed by atoms with Crippen molar-refractivity contribution in [2.45, 2.75) is 232 Å². The molecule has 0 aromatic heterocycles. The first-order chi connectivity index (χ1) is 34.6. The fraction of sp³-hybridized carbons (Fsp3) is 0.600. The van der Waals surface area contributed by atoms with Gasteiger partial charge in [0.05, 0.1) is 6.61 Å². The molecular formula is C65H104O5. The highest BCUT2D eigenvalue weighted by Crippen LogP contribution is 2.12. The Morgan fingerprint density at radius 2 is 0.643 bits per heavy atom. The van der Waals surface area contributed by atoms with Gasteiger partial charge < -0.3 is 14.2 Å². The van der Waals surface area contributed by atoms with Gasteiger partial charge in [0.15, 0.2) is 6.10 Å². The summed E-state index contributed by atoms with van der Waals surface area (Å²) >= 11 is 0. The number of esters is 2. The molecule has 0 bridgehead atoms. The molecular weight excluding hydrogens is 861 g/mol. The zero-order valence-corrected chi connectivity index (χ0v) is 45.2. The van der Waals surface area contributed by atoms with E-state index in [-0.39, 0.29) is 25.2 Å². The Morgan fingerprint density at radius 1 is 0.329 bits per heavy atom. The molecule has 0 radical (unpaired) electrons. The summed E-state index contributed by atoms with van der Waals surface area (Å²) in [5.41, 5.74) is 0. The summed E-state index contributed by atoms with van der Waals surface area (Å²) in [4.78, 5) is 25.5. The van der Waals surface area contributed by atoms with E-state index in [0.29, 0.717) is 19.4 Å². The molecule has 0 heterocycles. The van der Waals surface area contributed by atoms with Crippen molar-refractivity contribution >= 4 is 11.9 Å². The number of hydrogen-bond donors (Lipinski definition) is 0. The van der Waals surface area contributed by atoms with Crippen molar-refractivity contribution in [2.24, 2.45) is 0 Å². The van der Waals surface area contributed by atoms with Gasteiger partial charge in [-0.25, -0.2) is 0 Å². The van der Waals surface area contributed by atoms with Crippen molar-refractivity contribution in [3.8, 4) is 0 Å². The molecule has 0 fully saturated rings. The Hall–Kier alpha value is -4.22. The largest absolute Gasteiger partial charge is 0.462 e. The molecule has 0 aliphatic heterocycles. The second kappa shape index (κ2) is 59.1. The summed E-state index contributed by atoms with van der Waals surface area (Å²) in [6, 6.07) is 0. The fourth-order valence-electron chi connectivity index (χ4n) is 7.18. The molecule has 0 aliphatic carbocycles. The van der Waals surface area contributed by atoms with Crippen LogP contribution in [0, 0.1) is 0 Å². The minimum atomic E-state index is -0.583. The lowest BCUT2D eigenvalue weighted by molar-refractivity contribution is -0.163. The highest BCUT2D eigenvalue weighted by Gasteiger charge is 2.17. The molecule has 0 amide bonds. The second-order valence-corrected chi connectivity index (χ2v) is 18.1. The number of rotatable bonds is 50. The molecule has 394 valence electrons. The monoisotopic (exact) mass is 965 g/mol. The average Bonchev–Trinajstić information content (AvgIpc) is 3.36. The lowest BCUT2D eigenvalue weighted by atomic mass is 10.1. The van der Waals surface area contributed by atoms with Crippen molar-refractivity contribution < 1.29 is 23.8 Å². The summed E-state index contributed by atoms with van der Waals surface area (Å²) in [7, 11) is 0. The maximum atomic E-state index is 12.9. The van der Waals surface area contributed by atoms with E-state index >= 15 is 0 Å². The summed E-state index contributed by atoms with van der Waals surface area (Å²) in [6.45, 7) is 7.45. The summed E-state index contributed by atoms with van der Waals surface area (Å²) < 4.78 is 17.4. The second-order valence-electron chi connectivity index (χ2n) is 18.1. The number of ether oxygens (including phenoxy) is 3. The molecule has 70 heavy (non-hydrogen) atoms. The van der Waals surface area contributed by atoms with Gasteiger partial charge >= 0.3 is 11.9 Å². The van der Waals surface area contributed by atoms with Gasteiger partial charge in [-0.1, -0.05) is 218 Å². The van der Waals surface area contributed by atoms with Crippen LogP contribution in [-0.2, 0) is 23.8 Å². The Labute approximate surface area is 431 Å². The number of carbonyl (C=O) groups excluding carboxylic acids is 2. The third-order valence-corrected chi connectivity index (χ3v) is 11.3. The number of allylic oxidation sites excluding steroid dienone is 24. The molecule has 0 aliphatic rings. The van der Waals surface area contributed by atoms with Crippen LogP contribution in [0.1, 0.15) is 226 Å². The summed E-state index contributed by atoms with van der Waals surface area (Å²) in [5, 5.41) is 0. The van der Waals surface area contributed by atoms with Crippen molar-refractivity contribution in [3.05, 3.63) is 146 Å². The first-order valence-corrected chi connectivity index (χ1v) is 28.4. The molecule has 5 heteroatoms. The van der Waals surface area contributed by atoms with E-state index in [2.05, 4.69) is 167 Å². The van der Waals surface area contributed by atoms with Crippen LogP contribution in [0.4, 0.5) is 0 Å². The van der Waals surface area contributed by atoms with Gasteiger partial charge in [0.2, 0.25) is 0 Å². The lowest BCUT2D eigenvalue weighted by Crippen LogP contribution is -2.30. The van der Waals surface area contributed by atoms with Crippen LogP contribution in [0.25, 0.3) is 0 Å².